The van der Waals surface area contributed by atoms with Crippen LogP contribution >= 0.6 is 11.3 Å². The predicted molar refractivity (Wildman–Crippen MR) is 104 cm³/mol. The molecule has 7 heteroatoms. The molecule has 3 aromatic rings. The number of rotatable bonds is 6. The van der Waals surface area contributed by atoms with Gasteiger partial charge in [-0.25, -0.2) is 15.0 Å². The Morgan fingerprint density at radius 2 is 2.12 bits per heavy atom. The molecule has 3 N–H and O–H groups in total. The zero-order valence-electron chi connectivity index (χ0n) is 14.8. The summed E-state index contributed by atoms with van der Waals surface area (Å²) >= 11 is 1.67. The van der Waals surface area contributed by atoms with Crippen LogP contribution in [0.5, 0.6) is 0 Å². The van der Waals surface area contributed by atoms with E-state index in [1.165, 1.54) is 6.33 Å². The highest BCUT2D eigenvalue weighted by atomic mass is 32.1. The monoisotopic (exact) mass is 367 g/mol. The highest BCUT2D eigenvalue weighted by molar-refractivity contribution is 7.09. The maximum absolute atomic E-state index is 12.4. The number of thiazole rings is 1. The first-order valence-electron chi connectivity index (χ1n) is 8.43. The third kappa shape index (κ3) is 4.43. The lowest BCUT2D eigenvalue weighted by Gasteiger charge is -2.07. The number of hydrogen-bond acceptors (Lipinski definition) is 6. The van der Waals surface area contributed by atoms with Gasteiger partial charge in [0.2, 0.25) is 0 Å². The van der Waals surface area contributed by atoms with E-state index in [-0.39, 0.29) is 5.91 Å². The third-order valence-electron chi connectivity index (χ3n) is 3.84. The average Bonchev–Trinajstić information content (AvgIpc) is 3.11. The zero-order valence-corrected chi connectivity index (χ0v) is 15.6. The van der Waals surface area contributed by atoms with E-state index in [2.05, 4.69) is 39.5 Å². The molecule has 2 heterocycles. The van der Waals surface area contributed by atoms with Crippen molar-refractivity contribution in [3.63, 3.8) is 0 Å². The molecule has 0 bridgehead atoms. The summed E-state index contributed by atoms with van der Waals surface area (Å²) in [5, 5.41) is 6.13. The summed E-state index contributed by atoms with van der Waals surface area (Å²) < 4.78 is 0. The van der Waals surface area contributed by atoms with Gasteiger partial charge >= 0.3 is 0 Å². The second-order valence-corrected chi connectivity index (χ2v) is 7.14. The van der Waals surface area contributed by atoms with E-state index in [1.807, 2.05) is 12.1 Å². The largest absolute Gasteiger partial charge is 0.384 e. The van der Waals surface area contributed by atoms with E-state index in [0.717, 1.165) is 22.7 Å². The fourth-order valence-corrected chi connectivity index (χ4v) is 3.33. The van der Waals surface area contributed by atoms with Gasteiger partial charge in [0.25, 0.3) is 5.91 Å². The summed E-state index contributed by atoms with van der Waals surface area (Å²) in [5.74, 6) is 0.712. The lowest BCUT2D eigenvalue weighted by atomic mass is 10.1. The summed E-state index contributed by atoms with van der Waals surface area (Å²) in [5.41, 5.74) is 8.82. The Kier molecular flexibility index (Phi) is 5.58. The van der Waals surface area contributed by atoms with Crippen LogP contribution in [0.4, 0.5) is 5.82 Å². The van der Waals surface area contributed by atoms with Gasteiger partial charge in [0.1, 0.15) is 12.1 Å². The van der Waals surface area contributed by atoms with Crippen molar-refractivity contribution in [2.75, 3.05) is 12.3 Å². The minimum absolute atomic E-state index is 0.117. The molecule has 0 saturated heterocycles. The van der Waals surface area contributed by atoms with Crippen molar-refractivity contribution in [1.82, 2.24) is 20.3 Å². The molecule has 0 saturated carbocycles. The van der Waals surface area contributed by atoms with Gasteiger partial charge in [0.05, 0.1) is 16.4 Å². The van der Waals surface area contributed by atoms with Crippen molar-refractivity contribution in [3.8, 4) is 11.3 Å². The summed E-state index contributed by atoms with van der Waals surface area (Å²) in [6, 6.07) is 8.99. The summed E-state index contributed by atoms with van der Waals surface area (Å²) in [7, 11) is 0. The van der Waals surface area contributed by atoms with Crippen molar-refractivity contribution in [1.29, 1.82) is 0 Å². The Bertz CT molecular complexity index is 906. The van der Waals surface area contributed by atoms with Crippen molar-refractivity contribution < 1.29 is 4.79 Å². The quantitative estimate of drug-likeness (QED) is 0.697. The normalized spacial score (nSPS) is 10.9. The Balaban J connectivity index is 1.62. The molecule has 0 aliphatic carbocycles. The SMILES string of the molecule is CC(C)c1nc(CCNC(=O)c2cccc(-c3cc(N)ncn3)c2)cs1. The van der Waals surface area contributed by atoms with E-state index in [4.69, 9.17) is 5.73 Å². The molecule has 0 aliphatic heterocycles. The van der Waals surface area contributed by atoms with E-state index < -0.39 is 0 Å². The fourth-order valence-electron chi connectivity index (χ4n) is 2.46. The highest BCUT2D eigenvalue weighted by Gasteiger charge is 2.09. The molecule has 26 heavy (non-hydrogen) atoms. The molecule has 0 fully saturated rings. The number of carbonyl (C=O) groups excluding carboxylic acids is 1. The molecule has 0 atom stereocenters. The van der Waals surface area contributed by atoms with Crippen LogP contribution in [0.15, 0.2) is 42.0 Å². The lowest BCUT2D eigenvalue weighted by molar-refractivity contribution is 0.0954. The average molecular weight is 367 g/mol. The highest BCUT2D eigenvalue weighted by Crippen LogP contribution is 2.20. The number of aromatic nitrogens is 3. The van der Waals surface area contributed by atoms with Gasteiger partial charge in [-0.15, -0.1) is 11.3 Å². The number of nitrogens with two attached hydrogens (primary N) is 1. The van der Waals surface area contributed by atoms with Gasteiger partial charge in [-0.2, -0.15) is 0 Å². The van der Waals surface area contributed by atoms with E-state index in [0.29, 0.717) is 29.5 Å². The van der Waals surface area contributed by atoms with Crippen molar-refractivity contribution >= 4 is 23.1 Å². The maximum Gasteiger partial charge on any atom is 0.251 e. The van der Waals surface area contributed by atoms with E-state index >= 15 is 0 Å². The molecule has 0 unspecified atom stereocenters. The van der Waals surface area contributed by atoms with E-state index in [1.54, 1.807) is 29.5 Å². The number of nitrogens with one attached hydrogen (secondary N) is 1. The molecule has 0 aliphatic rings. The van der Waals surface area contributed by atoms with Crippen molar-refractivity contribution in [2.24, 2.45) is 0 Å². The molecule has 6 nitrogen and oxygen atoms in total. The molecule has 3 rings (SSSR count). The Labute approximate surface area is 156 Å². The molecule has 0 radical (unpaired) electrons. The second-order valence-electron chi connectivity index (χ2n) is 6.25. The smallest absolute Gasteiger partial charge is 0.251 e. The van der Waals surface area contributed by atoms with Crippen LogP contribution in [0.3, 0.4) is 0 Å². The van der Waals surface area contributed by atoms with Crippen LogP contribution in [-0.4, -0.2) is 27.4 Å². The van der Waals surface area contributed by atoms with Crippen LogP contribution in [0.2, 0.25) is 0 Å². The van der Waals surface area contributed by atoms with Gasteiger partial charge in [-0.3, -0.25) is 4.79 Å². The van der Waals surface area contributed by atoms with Crippen LogP contribution in [0, 0.1) is 0 Å². The summed E-state index contributed by atoms with van der Waals surface area (Å²) in [4.78, 5) is 25.1. The van der Waals surface area contributed by atoms with Gasteiger partial charge < -0.3 is 11.1 Å². The van der Waals surface area contributed by atoms with Gasteiger partial charge in [0.15, 0.2) is 0 Å². The van der Waals surface area contributed by atoms with Gasteiger partial charge in [-0.05, 0) is 12.1 Å². The number of amides is 1. The van der Waals surface area contributed by atoms with Crippen LogP contribution < -0.4 is 11.1 Å². The first kappa shape index (κ1) is 18.0. The first-order chi connectivity index (χ1) is 12.5. The Morgan fingerprint density at radius 3 is 2.85 bits per heavy atom. The molecule has 1 amide bonds. The number of nitrogens with zero attached hydrogens (tertiary/aromatic N) is 3. The zero-order chi connectivity index (χ0) is 18.5. The van der Waals surface area contributed by atoms with Crippen LogP contribution in [-0.2, 0) is 6.42 Å². The molecule has 0 spiro atoms. The van der Waals surface area contributed by atoms with Crippen molar-refractivity contribution in [3.05, 3.63) is 58.3 Å². The predicted octanol–water partition coefficient (Wildman–Crippen LogP) is 3.28. The Morgan fingerprint density at radius 1 is 1.27 bits per heavy atom. The summed E-state index contributed by atoms with van der Waals surface area (Å²) in [6.07, 6.45) is 2.13. The number of hydrogen-bond donors (Lipinski definition) is 2. The van der Waals surface area contributed by atoms with Gasteiger partial charge in [0, 0.05) is 41.5 Å². The molecular formula is C19H21N5OS. The minimum Gasteiger partial charge on any atom is -0.384 e. The van der Waals surface area contributed by atoms with E-state index in [9.17, 15) is 4.79 Å². The van der Waals surface area contributed by atoms with Crippen molar-refractivity contribution in [2.45, 2.75) is 26.2 Å². The fraction of sp³-hybridized carbons (Fsp3) is 0.263. The second kappa shape index (κ2) is 8.05. The summed E-state index contributed by atoms with van der Waals surface area (Å²) in [6.45, 7) is 4.80. The van der Waals surface area contributed by atoms with Gasteiger partial charge in [-0.1, -0.05) is 26.0 Å². The lowest BCUT2D eigenvalue weighted by Crippen LogP contribution is -2.25. The molecular weight excluding hydrogens is 346 g/mol. The standard InChI is InChI=1S/C19H21N5OS/c1-12(2)19-24-15(10-26-19)6-7-21-18(25)14-5-3-4-13(8-14)16-9-17(20)23-11-22-16/h3-5,8-12H,6-7H2,1-2H3,(H,21,25)(H2,20,22,23). The third-order valence-corrected chi connectivity index (χ3v) is 5.03. The number of anilines is 1. The number of carbonyl (C=O) groups is 1. The first-order valence-corrected chi connectivity index (χ1v) is 9.31. The topological polar surface area (TPSA) is 93.8 Å². The minimum atomic E-state index is -0.117. The van der Waals surface area contributed by atoms with Crippen LogP contribution in [0.25, 0.3) is 11.3 Å². The maximum atomic E-state index is 12.4. The number of benzene rings is 1. The van der Waals surface area contributed by atoms with Crippen LogP contribution in [0.1, 0.15) is 40.8 Å². The Hall–Kier alpha value is -2.80. The molecule has 134 valence electrons. The number of nitrogen functional groups attached to an aromatic ring is 1. The molecule has 1 aromatic carbocycles. The molecule has 2 aromatic heterocycles.